The summed E-state index contributed by atoms with van der Waals surface area (Å²) in [5, 5.41) is 0. The second-order valence-corrected chi connectivity index (χ2v) is 5.04. The maximum atomic E-state index is 11.0. The first-order valence-electron chi connectivity index (χ1n) is 5.60. The number of amides is 1. The largest absolute Gasteiger partial charge is 0.455 e. The molecule has 0 spiro atoms. The maximum absolute atomic E-state index is 11.0. The summed E-state index contributed by atoms with van der Waals surface area (Å²) in [6.45, 7) is 1.94. The van der Waals surface area contributed by atoms with Gasteiger partial charge in [-0.3, -0.25) is 4.79 Å². The zero-order valence-corrected chi connectivity index (χ0v) is 11.9. The summed E-state index contributed by atoms with van der Waals surface area (Å²) in [5.41, 5.74) is 12.7. The number of hydrogen-bond donors (Lipinski definition) is 2. The molecule has 0 bridgehead atoms. The Morgan fingerprint density at radius 1 is 1.16 bits per heavy atom. The molecular formula is C14H13BrN2O2. The van der Waals surface area contributed by atoms with Crippen LogP contribution in [-0.2, 0) is 0 Å². The van der Waals surface area contributed by atoms with Crippen LogP contribution in [0, 0.1) is 6.92 Å². The van der Waals surface area contributed by atoms with Crippen molar-refractivity contribution in [2.75, 3.05) is 5.73 Å². The highest BCUT2D eigenvalue weighted by Gasteiger charge is 2.08. The third-order valence-corrected chi connectivity index (χ3v) is 3.14. The van der Waals surface area contributed by atoms with E-state index in [0.717, 1.165) is 10.0 Å². The molecule has 0 saturated carbocycles. The summed E-state index contributed by atoms with van der Waals surface area (Å²) < 4.78 is 6.71. The molecule has 0 atom stereocenters. The summed E-state index contributed by atoms with van der Waals surface area (Å²) in [6.07, 6.45) is 0. The zero-order valence-electron chi connectivity index (χ0n) is 10.3. The fourth-order valence-corrected chi connectivity index (χ4v) is 2.12. The Kier molecular flexibility index (Phi) is 3.76. The van der Waals surface area contributed by atoms with Crippen molar-refractivity contribution in [3.05, 3.63) is 52.0 Å². The molecule has 0 unspecified atom stereocenters. The molecule has 0 aliphatic heterocycles. The van der Waals surface area contributed by atoms with E-state index in [2.05, 4.69) is 15.9 Å². The Hall–Kier alpha value is -2.01. The molecule has 0 saturated heterocycles. The van der Waals surface area contributed by atoms with Crippen LogP contribution < -0.4 is 16.2 Å². The molecule has 0 aliphatic carbocycles. The average molecular weight is 321 g/mol. The summed E-state index contributed by atoms with van der Waals surface area (Å²) in [5.74, 6) is 0.690. The van der Waals surface area contributed by atoms with E-state index in [0.29, 0.717) is 22.7 Å². The molecule has 0 radical (unpaired) electrons. The standard InChI is InChI=1S/C14H13BrN2O2/c1-8-6-10(15)3-5-12(8)19-13-4-2-9(14(17)18)7-11(13)16/h2-7H,16H2,1H3,(H2,17,18). The molecule has 4 nitrogen and oxygen atoms in total. The second-order valence-electron chi connectivity index (χ2n) is 4.13. The Bertz CT molecular complexity index is 641. The van der Waals surface area contributed by atoms with Crippen LogP contribution in [-0.4, -0.2) is 5.91 Å². The summed E-state index contributed by atoms with van der Waals surface area (Å²) in [4.78, 5) is 11.0. The van der Waals surface area contributed by atoms with Gasteiger partial charge in [0.15, 0.2) is 0 Å². The number of ether oxygens (including phenoxy) is 1. The third-order valence-electron chi connectivity index (χ3n) is 2.65. The van der Waals surface area contributed by atoms with Gasteiger partial charge >= 0.3 is 0 Å². The highest BCUT2D eigenvalue weighted by Crippen LogP contribution is 2.31. The molecule has 98 valence electrons. The van der Waals surface area contributed by atoms with Gasteiger partial charge in [-0.2, -0.15) is 0 Å². The van der Waals surface area contributed by atoms with Crippen LogP contribution in [0.1, 0.15) is 15.9 Å². The number of nitrogens with two attached hydrogens (primary N) is 2. The number of rotatable bonds is 3. The Balaban J connectivity index is 2.31. The molecule has 0 aromatic heterocycles. The Morgan fingerprint density at radius 2 is 1.84 bits per heavy atom. The number of anilines is 1. The van der Waals surface area contributed by atoms with E-state index in [9.17, 15) is 4.79 Å². The molecule has 19 heavy (non-hydrogen) atoms. The number of carbonyl (C=O) groups is 1. The van der Waals surface area contributed by atoms with E-state index in [-0.39, 0.29) is 0 Å². The minimum Gasteiger partial charge on any atom is -0.455 e. The van der Waals surface area contributed by atoms with Crippen molar-refractivity contribution < 1.29 is 9.53 Å². The minimum absolute atomic E-state index is 0.359. The van der Waals surface area contributed by atoms with Crippen LogP contribution in [0.25, 0.3) is 0 Å². The van der Waals surface area contributed by atoms with Gasteiger partial charge in [-0.05, 0) is 48.9 Å². The predicted molar refractivity (Wildman–Crippen MR) is 78.3 cm³/mol. The van der Waals surface area contributed by atoms with Gasteiger partial charge in [0, 0.05) is 10.0 Å². The van der Waals surface area contributed by atoms with Crippen molar-refractivity contribution in [3.63, 3.8) is 0 Å². The number of carbonyl (C=O) groups excluding carboxylic acids is 1. The van der Waals surface area contributed by atoms with Gasteiger partial charge < -0.3 is 16.2 Å². The molecule has 0 heterocycles. The molecule has 1 amide bonds. The first kappa shape index (κ1) is 13.4. The van der Waals surface area contributed by atoms with Crippen LogP contribution in [0.5, 0.6) is 11.5 Å². The molecule has 0 aliphatic rings. The van der Waals surface area contributed by atoms with Crippen LogP contribution in [0.15, 0.2) is 40.9 Å². The van der Waals surface area contributed by atoms with E-state index in [4.69, 9.17) is 16.2 Å². The summed E-state index contributed by atoms with van der Waals surface area (Å²) in [6, 6.07) is 10.4. The van der Waals surface area contributed by atoms with Gasteiger partial charge in [-0.1, -0.05) is 15.9 Å². The lowest BCUT2D eigenvalue weighted by Crippen LogP contribution is -2.11. The molecule has 0 fully saturated rings. The molecule has 2 aromatic rings. The number of aryl methyl sites for hydroxylation is 1. The lowest BCUT2D eigenvalue weighted by Gasteiger charge is -2.11. The number of benzene rings is 2. The molecule has 2 aromatic carbocycles. The van der Waals surface area contributed by atoms with Gasteiger partial charge in [0.1, 0.15) is 11.5 Å². The van der Waals surface area contributed by atoms with Crippen molar-refractivity contribution >= 4 is 27.5 Å². The number of hydrogen-bond acceptors (Lipinski definition) is 3. The maximum Gasteiger partial charge on any atom is 0.248 e. The van der Waals surface area contributed by atoms with Crippen molar-refractivity contribution in [3.8, 4) is 11.5 Å². The van der Waals surface area contributed by atoms with Gasteiger partial charge in [-0.25, -0.2) is 0 Å². The first-order valence-corrected chi connectivity index (χ1v) is 6.40. The molecular weight excluding hydrogens is 308 g/mol. The molecule has 5 heteroatoms. The fourth-order valence-electron chi connectivity index (χ4n) is 1.64. The smallest absolute Gasteiger partial charge is 0.248 e. The van der Waals surface area contributed by atoms with Gasteiger partial charge in [0.25, 0.3) is 0 Å². The topological polar surface area (TPSA) is 78.3 Å². The number of halogens is 1. The lowest BCUT2D eigenvalue weighted by molar-refractivity contribution is 0.100. The van der Waals surface area contributed by atoms with Crippen LogP contribution in [0.3, 0.4) is 0 Å². The first-order chi connectivity index (χ1) is 8.97. The van der Waals surface area contributed by atoms with Crippen LogP contribution in [0.2, 0.25) is 0 Å². The lowest BCUT2D eigenvalue weighted by atomic mass is 10.1. The summed E-state index contributed by atoms with van der Waals surface area (Å²) >= 11 is 3.39. The third kappa shape index (κ3) is 3.06. The van der Waals surface area contributed by atoms with E-state index < -0.39 is 5.91 Å². The predicted octanol–water partition coefficient (Wildman–Crippen LogP) is 3.23. The van der Waals surface area contributed by atoms with Crippen molar-refractivity contribution in [2.24, 2.45) is 5.73 Å². The number of nitrogen functional groups attached to an aromatic ring is 1. The van der Waals surface area contributed by atoms with Crippen molar-refractivity contribution in [1.82, 2.24) is 0 Å². The monoisotopic (exact) mass is 320 g/mol. The van der Waals surface area contributed by atoms with Crippen LogP contribution >= 0.6 is 15.9 Å². The average Bonchev–Trinajstić information content (AvgIpc) is 2.34. The van der Waals surface area contributed by atoms with E-state index in [1.165, 1.54) is 6.07 Å². The normalized spacial score (nSPS) is 10.2. The van der Waals surface area contributed by atoms with Gasteiger partial charge in [0.05, 0.1) is 5.69 Å². The van der Waals surface area contributed by atoms with E-state index >= 15 is 0 Å². The quantitative estimate of drug-likeness (QED) is 0.852. The van der Waals surface area contributed by atoms with E-state index in [1.54, 1.807) is 12.1 Å². The summed E-state index contributed by atoms with van der Waals surface area (Å²) in [7, 11) is 0. The Morgan fingerprint density at radius 3 is 2.42 bits per heavy atom. The minimum atomic E-state index is -0.516. The highest BCUT2D eigenvalue weighted by molar-refractivity contribution is 9.10. The highest BCUT2D eigenvalue weighted by atomic mass is 79.9. The van der Waals surface area contributed by atoms with Gasteiger partial charge in [0.2, 0.25) is 5.91 Å². The molecule has 4 N–H and O–H groups in total. The number of primary amides is 1. The fraction of sp³-hybridized carbons (Fsp3) is 0.0714. The molecule has 2 rings (SSSR count). The van der Waals surface area contributed by atoms with E-state index in [1.807, 2.05) is 25.1 Å². The van der Waals surface area contributed by atoms with Crippen molar-refractivity contribution in [1.29, 1.82) is 0 Å². The Labute approximate surface area is 119 Å². The van der Waals surface area contributed by atoms with Crippen molar-refractivity contribution in [2.45, 2.75) is 6.92 Å². The zero-order chi connectivity index (χ0) is 14.0. The van der Waals surface area contributed by atoms with Gasteiger partial charge in [-0.15, -0.1) is 0 Å². The van der Waals surface area contributed by atoms with Crippen LogP contribution in [0.4, 0.5) is 5.69 Å². The SMILES string of the molecule is Cc1cc(Br)ccc1Oc1ccc(C(N)=O)cc1N. The second kappa shape index (κ2) is 5.32.